The number of fused-ring (bicyclic) bond motifs is 3. The number of nitrogens with one attached hydrogen (secondary N) is 2. The Morgan fingerprint density at radius 3 is 2.69 bits per heavy atom. The summed E-state index contributed by atoms with van der Waals surface area (Å²) in [5.74, 6) is -1.42. The minimum atomic E-state index is -1.18. The second-order valence-electron chi connectivity index (χ2n) is 11.1. The maximum atomic E-state index is 13.6. The fraction of sp³-hybridized carbons (Fsp3) is 0.769. The molecule has 1 saturated heterocycles. The molecule has 2 heterocycles. The maximum absolute atomic E-state index is 13.6. The molecule has 36 heavy (non-hydrogen) atoms. The zero-order chi connectivity index (χ0) is 26.5. The van der Waals surface area contributed by atoms with Gasteiger partial charge in [-0.25, -0.2) is 9.59 Å². The summed E-state index contributed by atoms with van der Waals surface area (Å²) in [6, 6.07) is -1.85. The first-order valence-electron chi connectivity index (χ1n) is 13.1. The van der Waals surface area contributed by atoms with Gasteiger partial charge in [0.1, 0.15) is 23.2 Å². The normalized spacial score (nSPS) is 31.3. The van der Waals surface area contributed by atoms with Crippen LogP contribution in [-0.2, 0) is 23.9 Å². The molecule has 1 aliphatic carbocycles. The molecule has 3 aliphatic rings. The fourth-order valence-corrected chi connectivity index (χ4v) is 5.22. The molecule has 2 aliphatic heterocycles. The number of hydrogen-bond donors (Lipinski definition) is 3. The molecule has 0 unspecified atom stereocenters. The Kier molecular flexibility index (Phi) is 9.03. The zero-order valence-corrected chi connectivity index (χ0v) is 21.9. The highest BCUT2D eigenvalue weighted by Gasteiger charge is 2.49. The van der Waals surface area contributed by atoms with Crippen LogP contribution < -0.4 is 10.6 Å². The smallest absolute Gasteiger partial charge is 0.408 e. The number of allylic oxidation sites excluding steroid dienone is 1. The summed E-state index contributed by atoms with van der Waals surface area (Å²) in [6.45, 7) is 7.11. The van der Waals surface area contributed by atoms with Crippen LogP contribution in [0.15, 0.2) is 11.6 Å². The largest absolute Gasteiger partial charge is 0.464 e. The van der Waals surface area contributed by atoms with Crippen molar-refractivity contribution in [2.24, 2.45) is 0 Å². The lowest BCUT2D eigenvalue weighted by Crippen LogP contribution is -2.59. The first kappa shape index (κ1) is 28.0. The fourth-order valence-electron chi connectivity index (χ4n) is 5.22. The van der Waals surface area contributed by atoms with E-state index in [2.05, 4.69) is 16.7 Å². The van der Waals surface area contributed by atoms with Gasteiger partial charge in [0.05, 0.1) is 12.7 Å². The van der Waals surface area contributed by atoms with Crippen LogP contribution in [0.1, 0.15) is 85.5 Å². The topological polar surface area (TPSA) is 134 Å². The number of amides is 3. The lowest BCUT2D eigenvalue weighted by atomic mass is 9.95. The SMILES string of the molecule is CCOC(=O)[C@]12CC/C(=C/CCCCC[C@H](NC(=O)OC(C)(C)C)C(=O)N3C[C@@H](O)C[C@H]3C(=O)N1)C2. The van der Waals surface area contributed by atoms with Crippen molar-refractivity contribution in [2.75, 3.05) is 13.2 Å². The van der Waals surface area contributed by atoms with E-state index in [1.54, 1.807) is 27.7 Å². The molecule has 3 N–H and O–H groups in total. The average Bonchev–Trinajstić information content (AvgIpc) is 3.37. The second kappa shape index (κ2) is 11.6. The Bertz CT molecular complexity index is 881. The zero-order valence-electron chi connectivity index (χ0n) is 21.9. The van der Waals surface area contributed by atoms with E-state index < -0.39 is 53.2 Å². The molecule has 4 atom stereocenters. The summed E-state index contributed by atoms with van der Waals surface area (Å²) in [7, 11) is 0. The van der Waals surface area contributed by atoms with Crippen LogP contribution in [0.2, 0.25) is 0 Å². The molecule has 0 aromatic rings. The molecule has 3 rings (SSSR count). The van der Waals surface area contributed by atoms with Gasteiger partial charge in [-0.2, -0.15) is 0 Å². The summed E-state index contributed by atoms with van der Waals surface area (Å²) in [4.78, 5) is 53.9. The number of esters is 1. The van der Waals surface area contributed by atoms with E-state index in [9.17, 15) is 24.3 Å². The quantitative estimate of drug-likeness (QED) is 0.394. The van der Waals surface area contributed by atoms with Gasteiger partial charge >= 0.3 is 12.1 Å². The molecular formula is C26H41N3O7. The van der Waals surface area contributed by atoms with Gasteiger partial charge in [0.2, 0.25) is 11.8 Å². The minimum Gasteiger partial charge on any atom is -0.464 e. The van der Waals surface area contributed by atoms with Crippen molar-refractivity contribution < 1.29 is 33.8 Å². The van der Waals surface area contributed by atoms with E-state index in [0.29, 0.717) is 32.1 Å². The molecule has 3 amide bonds. The summed E-state index contributed by atoms with van der Waals surface area (Å²) in [5, 5.41) is 16.0. The Hall–Kier alpha value is -2.62. The van der Waals surface area contributed by atoms with Crippen molar-refractivity contribution in [1.29, 1.82) is 0 Å². The molecular weight excluding hydrogens is 466 g/mol. The predicted octanol–water partition coefficient (Wildman–Crippen LogP) is 2.33. The molecule has 202 valence electrons. The molecule has 1 saturated carbocycles. The van der Waals surface area contributed by atoms with Crippen LogP contribution in [0.4, 0.5) is 4.79 Å². The third-order valence-corrected chi connectivity index (χ3v) is 6.91. The Morgan fingerprint density at radius 2 is 2.00 bits per heavy atom. The van der Waals surface area contributed by atoms with Crippen LogP contribution in [-0.4, -0.2) is 76.4 Å². The standard InChI is InChI=1S/C26H41N3O7/c1-5-35-23(33)26-13-12-17(15-26)10-8-6-7-9-11-19(27-24(34)36-25(2,3)4)22(32)29-16-18(30)14-20(29)21(31)28-26/h10,18-20,30H,5-9,11-16H2,1-4H3,(H,27,34)(H,28,31)/b17-10-/t18-,19-,20-,26+/m0/s1. The molecule has 0 aromatic carbocycles. The molecule has 2 bridgehead atoms. The highest BCUT2D eigenvalue weighted by Crippen LogP contribution is 2.36. The van der Waals surface area contributed by atoms with E-state index in [1.807, 2.05) is 0 Å². The van der Waals surface area contributed by atoms with Gasteiger partial charge < -0.3 is 30.1 Å². The van der Waals surface area contributed by atoms with Crippen LogP contribution >= 0.6 is 0 Å². The van der Waals surface area contributed by atoms with Gasteiger partial charge in [-0.15, -0.1) is 0 Å². The van der Waals surface area contributed by atoms with Crippen molar-refractivity contribution in [3.05, 3.63) is 11.6 Å². The number of ether oxygens (including phenoxy) is 2. The summed E-state index contributed by atoms with van der Waals surface area (Å²) < 4.78 is 10.7. The average molecular weight is 508 g/mol. The van der Waals surface area contributed by atoms with Gasteiger partial charge in [0.25, 0.3) is 0 Å². The van der Waals surface area contributed by atoms with Gasteiger partial charge in [-0.1, -0.05) is 24.5 Å². The molecule has 10 nitrogen and oxygen atoms in total. The number of aliphatic hydroxyl groups excluding tert-OH is 1. The van der Waals surface area contributed by atoms with Crippen molar-refractivity contribution in [3.63, 3.8) is 0 Å². The third-order valence-electron chi connectivity index (χ3n) is 6.91. The van der Waals surface area contributed by atoms with E-state index in [0.717, 1.165) is 24.8 Å². The first-order chi connectivity index (χ1) is 16.9. The van der Waals surface area contributed by atoms with E-state index in [-0.39, 0.29) is 19.6 Å². The van der Waals surface area contributed by atoms with Crippen molar-refractivity contribution in [3.8, 4) is 0 Å². The number of rotatable bonds is 3. The van der Waals surface area contributed by atoms with Crippen LogP contribution in [0, 0.1) is 0 Å². The Balaban J connectivity index is 1.88. The molecule has 0 radical (unpaired) electrons. The van der Waals surface area contributed by atoms with Gasteiger partial charge in [-0.05, 0) is 59.8 Å². The number of hydrogen-bond acceptors (Lipinski definition) is 7. The predicted molar refractivity (Wildman–Crippen MR) is 132 cm³/mol. The van der Waals surface area contributed by atoms with Crippen LogP contribution in [0.25, 0.3) is 0 Å². The molecule has 10 heteroatoms. The highest BCUT2D eigenvalue weighted by atomic mass is 16.6. The maximum Gasteiger partial charge on any atom is 0.408 e. The lowest BCUT2D eigenvalue weighted by molar-refractivity contribution is -0.154. The Labute approximate surface area is 213 Å². The van der Waals surface area contributed by atoms with Gasteiger partial charge in [-0.3, -0.25) is 9.59 Å². The first-order valence-corrected chi connectivity index (χ1v) is 13.1. The highest BCUT2D eigenvalue weighted by molar-refractivity contribution is 5.95. The molecule has 0 spiro atoms. The number of alkyl carbamates (subject to hydrolysis) is 1. The van der Waals surface area contributed by atoms with Gasteiger partial charge in [0, 0.05) is 19.4 Å². The van der Waals surface area contributed by atoms with Crippen molar-refractivity contribution in [1.82, 2.24) is 15.5 Å². The Morgan fingerprint density at radius 1 is 1.25 bits per heavy atom. The number of carbonyl (C=O) groups is 4. The van der Waals surface area contributed by atoms with Crippen molar-refractivity contribution in [2.45, 2.75) is 115 Å². The van der Waals surface area contributed by atoms with Crippen molar-refractivity contribution >= 4 is 23.9 Å². The number of nitrogens with zero attached hydrogens (tertiary/aromatic N) is 1. The molecule has 0 aromatic heterocycles. The van der Waals surface area contributed by atoms with E-state index in [1.165, 1.54) is 4.90 Å². The summed E-state index contributed by atoms with van der Waals surface area (Å²) in [5.41, 5.74) is -0.801. The summed E-state index contributed by atoms with van der Waals surface area (Å²) in [6.07, 6.45) is 5.79. The second-order valence-corrected chi connectivity index (χ2v) is 11.1. The lowest BCUT2D eigenvalue weighted by Gasteiger charge is -2.33. The van der Waals surface area contributed by atoms with Crippen LogP contribution in [0.5, 0.6) is 0 Å². The van der Waals surface area contributed by atoms with Gasteiger partial charge in [0.15, 0.2) is 0 Å². The summed E-state index contributed by atoms with van der Waals surface area (Å²) >= 11 is 0. The van der Waals surface area contributed by atoms with E-state index in [4.69, 9.17) is 9.47 Å². The number of aliphatic hydroxyl groups is 1. The van der Waals surface area contributed by atoms with Crippen LogP contribution in [0.3, 0.4) is 0 Å². The third kappa shape index (κ3) is 6.99. The number of carbonyl (C=O) groups excluding carboxylic acids is 4. The molecule has 2 fully saturated rings. The minimum absolute atomic E-state index is 0.0268. The van der Waals surface area contributed by atoms with E-state index >= 15 is 0 Å². The monoisotopic (exact) mass is 507 g/mol.